The lowest BCUT2D eigenvalue weighted by atomic mass is 9.91. The molecule has 3 aromatic carbocycles. The van der Waals surface area contributed by atoms with Gasteiger partial charge in [-0.1, -0.05) is 41.9 Å². The molecule has 0 aliphatic carbocycles. The fraction of sp³-hybridized carbons (Fsp3) is 0.343. The van der Waals surface area contributed by atoms with Crippen LogP contribution >= 0.6 is 11.6 Å². The van der Waals surface area contributed by atoms with E-state index < -0.39 is 23.9 Å². The molecule has 0 bridgehead atoms. The van der Waals surface area contributed by atoms with Crippen LogP contribution in [0.2, 0.25) is 5.02 Å². The van der Waals surface area contributed by atoms with Crippen LogP contribution in [0.1, 0.15) is 24.0 Å². The number of carbonyl (C=O) groups is 3. The minimum Gasteiger partial charge on any atom is -0.496 e. The topological polar surface area (TPSA) is 107 Å². The molecule has 3 heterocycles. The number of ether oxygens (including phenoxy) is 2. The molecule has 0 radical (unpaired) electrons. The normalized spacial score (nSPS) is 20.5. The summed E-state index contributed by atoms with van der Waals surface area (Å²) < 4.78 is 26.9. The van der Waals surface area contributed by atoms with Crippen molar-refractivity contribution < 1.29 is 28.2 Å². The summed E-state index contributed by atoms with van der Waals surface area (Å²) in [7, 11) is 6.77. The lowest BCUT2D eigenvalue weighted by Crippen LogP contribution is -2.36. The number of hydrogen-bond acceptors (Lipinski definition) is 7. The Morgan fingerprint density at radius 2 is 1.85 bits per heavy atom. The van der Waals surface area contributed by atoms with Crippen LogP contribution in [0.15, 0.2) is 60.3 Å². The molecule has 246 valence electrons. The molecule has 0 spiro atoms. The minimum absolute atomic E-state index is 0.0265. The maximum Gasteiger partial charge on any atom is 0.262 e. The fourth-order valence-corrected chi connectivity index (χ4v) is 6.64. The molecule has 3 aromatic rings. The molecular weight excluding hydrogens is 625 g/mol. The summed E-state index contributed by atoms with van der Waals surface area (Å²) >= 11 is 6.90. The number of halogens is 2. The first-order valence-corrected chi connectivity index (χ1v) is 15.8. The Balaban J connectivity index is 1.25. The van der Waals surface area contributed by atoms with Crippen LogP contribution in [0.5, 0.6) is 5.75 Å². The number of benzene rings is 3. The first-order chi connectivity index (χ1) is 22.5. The zero-order valence-electron chi connectivity index (χ0n) is 26.9. The number of likely N-dealkylation sites (N-methyl/N-ethyl adjacent to an activating group) is 3. The summed E-state index contributed by atoms with van der Waals surface area (Å²) in [5.41, 5.74) is 4.51. The Morgan fingerprint density at radius 3 is 2.57 bits per heavy atom. The number of amides is 3. The molecule has 0 aromatic heterocycles. The molecule has 6 rings (SSSR count). The number of rotatable bonds is 9. The van der Waals surface area contributed by atoms with Gasteiger partial charge in [0.1, 0.15) is 17.1 Å². The van der Waals surface area contributed by atoms with E-state index in [2.05, 4.69) is 10.6 Å². The molecule has 10 nitrogen and oxygen atoms in total. The third kappa shape index (κ3) is 6.43. The van der Waals surface area contributed by atoms with E-state index in [1.165, 1.54) is 24.3 Å². The average Bonchev–Trinajstić information content (AvgIpc) is 3.76. The van der Waals surface area contributed by atoms with E-state index in [1.54, 1.807) is 31.1 Å². The van der Waals surface area contributed by atoms with Crippen LogP contribution in [0.3, 0.4) is 0 Å². The highest BCUT2D eigenvalue weighted by Crippen LogP contribution is 2.40. The number of nitrogens with one attached hydrogen (secondary N) is 2. The molecule has 3 atom stereocenters. The van der Waals surface area contributed by atoms with Gasteiger partial charge in [-0.05, 0) is 60.8 Å². The van der Waals surface area contributed by atoms with Crippen molar-refractivity contribution in [3.8, 4) is 28.0 Å². The summed E-state index contributed by atoms with van der Waals surface area (Å²) in [6.45, 7) is 2.86. The van der Waals surface area contributed by atoms with Crippen LogP contribution in [0, 0.1) is 12.7 Å². The molecule has 2 unspecified atom stereocenters. The Morgan fingerprint density at radius 1 is 1.13 bits per heavy atom. The van der Waals surface area contributed by atoms with E-state index in [0.29, 0.717) is 52.7 Å². The standard InChI is InChI=1S/C35H37ClFN5O5/c1-19-22(20-14-27(37)25(29(15-20)46-5)17-40(2)16-21-12-13-30(43)38-21)8-6-9-23(19)24-10-7-11-28(31(24)36)39-32(44)26-18-41(3)34-35(47-34)42(4)33(26)45/h6-11,14-15,18,21,34-35H,12-13,16-17H2,1-5H3,(H,38,43)(H,39,44)/t21-,34?,35?/m0/s1. The number of methoxy groups -OCH3 is 1. The molecule has 0 saturated carbocycles. The van der Waals surface area contributed by atoms with Gasteiger partial charge >= 0.3 is 0 Å². The second-order valence-corrected chi connectivity index (χ2v) is 12.7. The molecular formula is C35H37ClFN5O5. The summed E-state index contributed by atoms with van der Waals surface area (Å²) in [6, 6.07) is 14.4. The van der Waals surface area contributed by atoms with Crippen molar-refractivity contribution in [3.63, 3.8) is 0 Å². The summed E-state index contributed by atoms with van der Waals surface area (Å²) in [5.74, 6) is -0.948. The van der Waals surface area contributed by atoms with Crippen LogP contribution < -0.4 is 15.4 Å². The fourth-order valence-electron chi connectivity index (χ4n) is 6.36. The smallest absolute Gasteiger partial charge is 0.262 e. The van der Waals surface area contributed by atoms with Crippen molar-refractivity contribution in [2.75, 3.05) is 40.1 Å². The minimum atomic E-state index is -0.583. The monoisotopic (exact) mass is 661 g/mol. The van der Waals surface area contributed by atoms with Gasteiger partial charge in [0.15, 0.2) is 12.5 Å². The number of epoxide rings is 1. The van der Waals surface area contributed by atoms with E-state index >= 15 is 4.39 Å². The largest absolute Gasteiger partial charge is 0.496 e. The zero-order valence-corrected chi connectivity index (χ0v) is 27.7. The Hall–Kier alpha value is -4.45. The van der Waals surface area contributed by atoms with Crippen molar-refractivity contribution in [1.29, 1.82) is 0 Å². The molecule has 2 fully saturated rings. The Labute approximate surface area is 278 Å². The average molecular weight is 662 g/mol. The van der Waals surface area contributed by atoms with Gasteiger partial charge in [0.25, 0.3) is 11.8 Å². The van der Waals surface area contributed by atoms with E-state index in [9.17, 15) is 14.4 Å². The second kappa shape index (κ2) is 13.0. The van der Waals surface area contributed by atoms with Gasteiger partial charge in [-0.15, -0.1) is 0 Å². The van der Waals surface area contributed by atoms with Crippen LogP contribution in [0.4, 0.5) is 10.1 Å². The lowest BCUT2D eigenvalue weighted by Gasteiger charge is -2.23. The number of anilines is 1. The maximum atomic E-state index is 15.7. The molecule has 47 heavy (non-hydrogen) atoms. The van der Waals surface area contributed by atoms with Gasteiger partial charge in [-0.25, -0.2) is 4.39 Å². The number of carbonyl (C=O) groups excluding carboxylic acids is 3. The molecule has 3 aliphatic rings. The van der Waals surface area contributed by atoms with Gasteiger partial charge in [0, 0.05) is 57.0 Å². The summed E-state index contributed by atoms with van der Waals surface area (Å²) in [6.07, 6.45) is 2.09. The van der Waals surface area contributed by atoms with Crippen molar-refractivity contribution in [2.24, 2.45) is 0 Å². The molecule has 12 heteroatoms. The van der Waals surface area contributed by atoms with Crippen molar-refractivity contribution in [2.45, 2.75) is 44.8 Å². The van der Waals surface area contributed by atoms with Crippen LogP contribution in [0.25, 0.3) is 22.3 Å². The molecule has 3 aliphatic heterocycles. The van der Waals surface area contributed by atoms with Crippen molar-refractivity contribution >= 4 is 35.0 Å². The number of fused-ring (bicyclic) bond motifs is 1. The number of hydrogen-bond donors (Lipinski definition) is 2. The third-order valence-electron chi connectivity index (χ3n) is 8.96. The highest BCUT2D eigenvalue weighted by Gasteiger charge is 2.50. The van der Waals surface area contributed by atoms with Gasteiger partial charge in [0.05, 0.1) is 17.8 Å². The third-order valence-corrected chi connectivity index (χ3v) is 9.37. The van der Waals surface area contributed by atoms with E-state index in [-0.39, 0.29) is 23.8 Å². The summed E-state index contributed by atoms with van der Waals surface area (Å²) in [5, 5.41) is 6.06. The van der Waals surface area contributed by atoms with E-state index in [1.807, 2.05) is 49.2 Å². The van der Waals surface area contributed by atoms with Gasteiger partial charge in [-0.3, -0.25) is 19.3 Å². The Bertz CT molecular complexity index is 1800. The zero-order chi connectivity index (χ0) is 33.6. The van der Waals surface area contributed by atoms with Gasteiger partial charge in [-0.2, -0.15) is 0 Å². The van der Waals surface area contributed by atoms with Crippen LogP contribution in [-0.2, 0) is 25.7 Å². The number of nitrogens with zero attached hydrogens (tertiary/aromatic N) is 3. The SMILES string of the molecule is COc1cc(-c2cccc(-c3cccc(NC(=O)C4=CN(C)C5OC5N(C)C4=O)c3Cl)c2C)cc(F)c1CN(C)C[C@@H]1CCC(=O)N1. The van der Waals surface area contributed by atoms with Gasteiger partial charge < -0.3 is 29.9 Å². The highest BCUT2D eigenvalue weighted by molar-refractivity contribution is 6.37. The second-order valence-electron chi connectivity index (χ2n) is 12.3. The molecule has 3 amide bonds. The summed E-state index contributed by atoms with van der Waals surface area (Å²) in [4.78, 5) is 43.0. The maximum absolute atomic E-state index is 15.7. The first-order valence-electron chi connectivity index (χ1n) is 15.4. The predicted octanol–water partition coefficient (Wildman–Crippen LogP) is 4.75. The van der Waals surface area contributed by atoms with Crippen molar-refractivity contribution in [3.05, 3.63) is 82.3 Å². The van der Waals surface area contributed by atoms with Crippen molar-refractivity contribution in [1.82, 2.24) is 20.0 Å². The first kappa shape index (κ1) is 32.5. The quantitative estimate of drug-likeness (QED) is 0.252. The van der Waals surface area contributed by atoms with Crippen LogP contribution in [-0.4, -0.2) is 85.7 Å². The van der Waals surface area contributed by atoms with E-state index in [0.717, 1.165) is 23.1 Å². The molecule has 2 saturated heterocycles. The predicted molar refractivity (Wildman–Crippen MR) is 177 cm³/mol. The lowest BCUT2D eigenvalue weighted by molar-refractivity contribution is -0.129. The Kier molecular flexibility index (Phi) is 8.97. The molecule has 2 N–H and O–H groups in total. The highest BCUT2D eigenvalue weighted by atomic mass is 35.5. The van der Waals surface area contributed by atoms with Gasteiger partial charge in [0.2, 0.25) is 5.91 Å². The van der Waals surface area contributed by atoms with E-state index in [4.69, 9.17) is 21.1 Å².